The number of anilines is 2. The van der Waals surface area contributed by atoms with Gasteiger partial charge in [-0.25, -0.2) is 0 Å². The van der Waals surface area contributed by atoms with E-state index < -0.39 is 0 Å². The highest BCUT2D eigenvalue weighted by molar-refractivity contribution is 6.00. The maximum absolute atomic E-state index is 12.3. The van der Waals surface area contributed by atoms with Crippen LogP contribution in [0.15, 0.2) is 36.4 Å². The number of nitrogens with two attached hydrogens (primary N) is 1. The van der Waals surface area contributed by atoms with Crippen molar-refractivity contribution in [2.45, 2.75) is 39.0 Å². The lowest BCUT2D eigenvalue weighted by Gasteiger charge is -2.09. The van der Waals surface area contributed by atoms with Crippen LogP contribution in [0.2, 0.25) is 0 Å². The van der Waals surface area contributed by atoms with Crippen LogP contribution >= 0.6 is 12.4 Å². The highest BCUT2D eigenvalue weighted by Gasteiger charge is 2.15. The predicted molar refractivity (Wildman–Crippen MR) is 104 cm³/mol. The fourth-order valence-electron chi connectivity index (χ4n) is 3.10. The van der Waals surface area contributed by atoms with Gasteiger partial charge in [0.15, 0.2) is 5.78 Å². The Kier molecular flexibility index (Phi) is 6.21. The van der Waals surface area contributed by atoms with Crippen LogP contribution in [-0.2, 0) is 17.6 Å². The lowest BCUT2D eigenvalue weighted by atomic mass is 10.0. The highest BCUT2D eigenvalue weighted by Crippen LogP contribution is 2.23. The standard InChI is InChI=1S/C20H22N2O2.ClH/c1-13-5-8-17(21)12-18(13)22-20(24)10-9-19(23)16-7-6-14-3-2-4-15(14)11-16;/h5-8,11-12H,2-4,9-10,21H2,1H3,(H,22,24);1H. The minimum absolute atomic E-state index is 0. The van der Waals surface area contributed by atoms with Crippen LogP contribution in [0.25, 0.3) is 0 Å². The third kappa shape index (κ3) is 4.60. The molecule has 3 N–H and O–H groups in total. The smallest absolute Gasteiger partial charge is 0.224 e. The zero-order valence-electron chi connectivity index (χ0n) is 14.3. The second-order valence-electron chi connectivity index (χ2n) is 6.38. The summed E-state index contributed by atoms with van der Waals surface area (Å²) < 4.78 is 0. The maximum Gasteiger partial charge on any atom is 0.224 e. The number of aryl methyl sites for hydroxylation is 3. The third-order valence-electron chi connectivity index (χ3n) is 4.54. The van der Waals surface area contributed by atoms with Crippen molar-refractivity contribution in [1.29, 1.82) is 0 Å². The molecule has 1 aliphatic carbocycles. The molecule has 5 heteroatoms. The van der Waals surface area contributed by atoms with Crippen molar-refractivity contribution < 1.29 is 9.59 Å². The Bertz CT molecular complexity index is 802. The first-order valence-electron chi connectivity index (χ1n) is 8.34. The van der Waals surface area contributed by atoms with Crippen molar-refractivity contribution in [1.82, 2.24) is 0 Å². The van der Waals surface area contributed by atoms with Gasteiger partial charge >= 0.3 is 0 Å². The summed E-state index contributed by atoms with van der Waals surface area (Å²) in [5, 5.41) is 2.83. The lowest BCUT2D eigenvalue weighted by Crippen LogP contribution is -2.14. The van der Waals surface area contributed by atoms with Crippen molar-refractivity contribution >= 4 is 35.5 Å². The van der Waals surface area contributed by atoms with Gasteiger partial charge in [-0.05, 0) is 61.1 Å². The number of nitrogen functional groups attached to an aromatic ring is 1. The van der Waals surface area contributed by atoms with E-state index in [1.54, 1.807) is 12.1 Å². The summed E-state index contributed by atoms with van der Waals surface area (Å²) in [5.74, 6) is -0.151. The summed E-state index contributed by atoms with van der Waals surface area (Å²) in [5.41, 5.74) is 11.3. The van der Waals surface area contributed by atoms with E-state index in [1.807, 2.05) is 31.2 Å². The summed E-state index contributed by atoms with van der Waals surface area (Å²) >= 11 is 0. The Morgan fingerprint density at radius 3 is 2.60 bits per heavy atom. The fraction of sp³-hybridized carbons (Fsp3) is 0.300. The van der Waals surface area contributed by atoms with Gasteiger partial charge in [0.1, 0.15) is 0 Å². The minimum Gasteiger partial charge on any atom is -0.399 e. The number of carbonyl (C=O) groups excluding carboxylic acids is 2. The minimum atomic E-state index is -0.168. The summed E-state index contributed by atoms with van der Waals surface area (Å²) in [6, 6.07) is 11.3. The number of benzene rings is 2. The van der Waals surface area contributed by atoms with Gasteiger partial charge < -0.3 is 11.1 Å². The average Bonchev–Trinajstić information content (AvgIpc) is 3.03. The van der Waals surface area contributed by atoms with Crippen molar-refractivity contribution in [3.8, 4) is 0 Å². The van der Waals surface area contributed by atoms with Crippen LogP contribution in [0.1, 0.15) is 46.3 Å². The first-order valence-corrected chi connectivity index (χ1v) is 8.34. The second kappa shape index (κ2) is 8.17. The monoisotopic (exact) mass is 358 g/mol. The molecule has 4 nitrogen and oxygen atoms in total. The van der Waals surface area contributed by atoms with E-state index in [4.69, 9.17) is 5.73 Å². The number of carbonyl (C=O) groups is 2. The van der Waals surface area contributed by atoms with Gasteiger partial charge in [0.2, 0.25) is 5.91 Å². The molecule has 2 aromatic carbocycles. The molecule has 0 radical (unpaired) electrons. The molecule has 2 aromatic rings. The molecule has 0 heterocycles. The number of nitrogens with one attached hydrogen (secondary N) is 1. The van der Waals surface area contributed by atoms with E-state index in [0.717, 1.165) is 24.8 Å². The van der Waals surface area contributed by atoms with Crippen LogP contribution in [0, 0.1) is 6.92 Å². The molecule has 0 atom stereocenters. The van der Waals surface area contributed by atoms with Crippen molar-refractivity contribution in [3.05, 3.63) is 58.7 Å². The summed E-state index contributed by atoms with van der Waals surface area (Å²) in [7, 11) is 0. The average molecular weight is 359 g/mol. The molecule has 0 saturated heterocycles. The number of rotatable bonds is 5. The molecular formula is C20H23ClN2O2. The molecular weight excluding hydrogens is 336 g/mol. The number of hydrogen-bond donors (Lipinski definition) is 2. The van der Waals surface area contributed by atoms with E-state index in [2.05, 4.69) is 5.32 Å². The van der Waals surface area contributed by atoms with E-state index in [1.165, 1.54) is 11.1 Å². The maximum atomic E-state index is 12.3. The number of halogens is 1. The third-order valence-corrected chi connectivity index (χ3v) is 4.54. The molecule has 0 aliphatic heterocycles. The Morgan fingerprint density at radius 1 is 1.04 bits per heavy atom. The molecule has 0 spiro atoms. The second-order valence-corrected chi connectivity index (χ2v) is 6.38. The van der Waals surface area contributed by atoms with Gasteiger partial charge in [0, 0.05) is 29.8 Å². The molecule has 1 aliphatic rings. The fourth-order valence-corrected chi connectivity index (χ4v) is 3.10. The van der Waals surface area contributed by atoms with Gasteiger partial charge in [0.05, 0.1) is 0 Å². The summed E-state index contributed by atoms with van der Waals surface area (Å²) in [4.78, 5) is 24.4. The van der Waals surface area contributed by atoms with Crippen LogP contribution < -0.4 is 11.1 Å². The van der Waals surface area contributed by atoms with E-state index in [-0.39, 0.29) is 36.9 Å². The lowest BCUT2D eigenvalue weighted by molar-refractivity contribution is -0.116. The number of fused-ring (bicyclic) bond motifs is 1. The molecule has 132 valence electrons. The van der Waals surface area contributed by atoms with E-state index in [0.29, 0.717) is 16.9 Å². The largest absolute Gasteiger partial charge is 0.399 e. The number of Topliss-reactive ketones (excluding diaryl/α,β-unsaturated/α-hetero) is 1. The molecule has 0 unspecified atom stereocenters. The van der Waals surface area contributed by atoms with Crippen molar-refractivity contribution in [3.63, 3.8) is 0 Å². The van der Waals surface area contributed by atoms with Gasteiger partial charge in [-0.3, -0.25) is 9.59 Å². The summed E-state index contributed by atoms with van der Waals surface area (Å²) in [6.45, 7) is 1.91. The van der Waals surface area contributed by atoms with Crippen LogP contribution in [0.5, 0.6) is 0 Å². The van der Waals surface area contributed by atoms with E-state index in [9.17, 15) is 9.59 Å². The van der Waals surface area contributed by atoms with Gasteiger partial charge in [-0.2, -0.15) is 0 Å². The van der Waals surface area contributed by atoms with E-state index >= 15 is 0 Å². The van der Waals surface area contributed by atoms with Crippen LogP contribution in [0.4, 0.5) is 11.4 Å². The first kappa shape index (κ1) is 19.0. The highest BCUT2D eigenvalue weighted by atomic mass is 35.5. The molecule has 0 bridgehead atoms. The van der Waals surface area contributed by atoms with Crippen LogP contribution in [0.3, 0.4) is 0 Å². The number of ketones is 1. The Labute approximate surface area is 154 Å². The zero-order chi connectivity index (χ0) is 17.1. The molecule has 0 saturated carbocycles. The van der Waals surface area contributed by atoms with Gasteiger partial charge in [-0.1, -0.05) is 18.2 Å². The van der Waals surface area contributed by atoms with Gasteiger partial charge in [0.25, 0.3) is 0 Å². The molecule has 0 fully saturated rings. The van der Waals surface area contributed by atoms with Crippen molar-refractivity contribution in [2.24, 2.45) is 0 Å². The summed E-state index contributed by atoms with van der Waals surface area (Å²) in [6.07, 6.45) is 3.70. The number of amides is 1. The quantitative estimate of drug-likeness (QED) is 0.624. The topological polar surface area (TPSA) is 72.2 Å². The Morgan fingerprint density at radius 2 is 1.80 bits per heavy atom. The van der Waals surface area contributed by atoms with Crippen molar-refractivity contribution in [2.75, 3.05) is 11.1 Å². The Balaban J connectivity index is 0.00000225. The predicted octanol–water partition coefficient (Wildman–Crippen LogP) is 4.09. The molecule has 0 aromatic heterocycles. The first-order chi connectivity index (χ1) is 11.5. The SMILES string of the molecule is Cc1ccc(N)cc1NC(=O)CCC(=O)c1ccc2c(c1)CCC2.Cl. The van der Waals surface area contributed by atoms with Gasteiger partial charge in [-0.15, -0.1) is 12.4 Å². The molecule has 1 amide bonds. The molecule has 25 heavy (non-hydrogen) atoms. The van der Waals surface area contributed by atoms with Crippen LogP contribution in [-0.4, -0.2) is 11.7 Å². The number of hydrogen-bond acceptors (Lipinski definition) is 3. The zero-order valence-corrected chi connectivity index (χ0v) is 15.1. The molecule has 3 rings (SSSR count). The normalized spacial score (nSPS) is 12.2. The Hall–Kier alpha value is -2.33.